The van der Waals surface area contributed by atoms with E-state index in [1.54, 1.807) is 18.2 Å². The van der Waals surface area contributed by atoms with Crippen molar-refractivity contribution < 1.29 is 18.3 Å². The molecule has 0 saturated heterocycles. The lowest BCUT2D eigenvalue weighted by Gasteiger charge is -2.14. The van der Waals surface area contributed by atoms with Gasteiger partial charge in [0.05, 0.1) is 5.56 Å². The van der Waals surface area contributed by atoms with Crippen LogP contribution in [0.25, 0.3) is 0 Å². The molecule has 0 bridgehead atoms. The zero-order chi connectivity index (χ0) is 14.2. The second-order valence-corrected chi connectivity index (χ2v) is 5.05. The molecule has 0 spiro atoms. The van der Waals surface area contributed by atoms with Crippen LogP contribution >= 0.6 is 15.9 Å². The molecule has 1 nitrogen and oxygen atoms in total. The number of rotatable bonds is 2. The molecule has 0 aliphatic rings. The molecule has 5 heteroatoms. The number of halogens is 4. The van der Waals surface area contributed by atoms with Crippen molar-refractivity contribution in [2.75, 3.05) is 0 Å². The Morgan fingerprint density at radius 2 is 1.63 bits per heavy atom. The second kappa shape index (κ2) is 5.35. The number of aliphatic hydroxyl groups is 1. The summed E-state index contributed by atoms with van der Waals surface area (Å²) in [6, 6.07) is 5.94. The maximum atomic E-state index is 13.6. The van der Waals surface area contributed by atoms with Crippen LogP contribution in [0.2, 0.25) is 0 Å². The van der Waals surface area contributed by atoms with E-state index < -0.39 is 29.1 Å². The van der Waals surface area contributed by atoms with Crippen molar-refractivity contribution in [3.8, 4) is 0 Å². The van der Waals surface area contributed by atoms with Gasteiger partial charge >= 0.3 is 0 Å². The van der Waals surface area contributed by atoms with Gasteiger partial charge in [-0.1, -0.05) is 28.1 Å². The van der Waals surface area contributed by atoms with Crippen molar-refractivity contribution in [2.45, 2.75) is 13.0 Å². The van der Waals surface area contributed by atoms with E-state index in [4.69, 9.17) is 0 Å². The third-order valence-electron chi connectivity index (χ3n) is 2.83. The molecule has 0 fully saturated rings. The minimum Gasteiger partial charge on any atom is -0.383 e. The van der Waals surface area contributed by atoms with E-state index in [9.17, 15) is 18.3 Å². The predicted molar refractivity (Wildman–Crippen MR) is 69.3 cm³/mol. The Kier molecular flexibility index (Phi) is 3.96. The fourth-order valence-electron chi connectivity index (χ4n) is 1.76. The zero-order valence-corrected chi connectivity index (χ0v) is 11.5. The van der Waals surface area contributed by atoms with Crippen molar-refractivity contribution >= 4 is 15.9 Å². The molecule has 0 heterocycles. The summed E-state index contributed by atoms with van der Waals surface area (Å²) in [5.74, 6) is -3.24. The summed E-state index contributed by atoms with van der Waals surface area (Å²) in [6.45, 7) is 1.85. The van der Waals surface area contributed by atoms with Gasteiger partial charge in [-0.3, -0.25) is 0 Å². The van der Waals surface area contributed by atoms with Crippen molar-refractivity contribution in [1.82, 2.24) is 0 Å². The van der Waals surface area contributed by atoms with Crippen LogP contribution in [0.4, 0.5) is 13.2 Å². The van der Waals surface area contributed by atoms with E-state index in [1.165, 1.54) is 0 Å². The van der Waals surface area contributed by atoms with Gasteiger partial charge in [-0.15, -0.1) is 0 Å². The molecule has 2 aromatic carbocycles. The lowest BCUT2D eigenvalue weighted by atomic mass is 9.99. The molecule has 0 aliphatic carbocycles. The largest absolute Gasteiger partial charge is 0.383 e. The highest BCUT2D eigenvalue weighted by Crippen LogP contribution is 2.30. The van der Waals surface area contributed by atoms with E-state index >= 15 is 0 Å². The molecular formula is C14H10BrF3O. The molecule has 0 saturated carbocycles. The van der Waals surface area contributed by atoms with Gasteiger partial charge in [0.25, 0.3) is 0 Å². The Labute approximate surface area is 116 Å². The summed E-state index contributed by atoms with van der Waals surface area (Å²) in [4.78, 5) is 0. The Bertz CT molecular complexity index is 605. The SMILES string of the molecule is Cc1ccc(C(O)c2c(F)cc(F)cc2F)cc1Br. The van der Waals surface area contributed by atoms with Crippen LogP contribution < -0.4 is 0 Å². The third-order valence-corrected chi connectivity index (χ3v) is 3.68. The molecule has 2 aromatic rings. The summed E-state index contributed by atoms with van der Waals surface area (Å²) in [5, 5.41) is 10.0. The number of benzene rings is 2. The maximum Gasteiger partial charge on any atom is 0.135 e. The minimum absolute atomic E-state index is 0.321. The Morgan fingerprint density at radius 3 is 2.16 bits per heavy atom. The first-order valence-corrected chi connectivity index (χ1v) is 6.28. The van der Waals surface area contributed by atoms with Crippen molar-refractivity contribution in [1.29, 1.82) is 0 Å². The molecule has 2 rings (SSSR count). The first-order chi connectivity index (χ1) is 8.90. The molecule has 0 aliphatic heterocycles. The molecule has 0 amide bonds. The first kappa shape index (κ1) is 14.1. The van der Waals surface area contributed by atoms with Gasteiger partial charge in [-0.05, 0) is 24.1 Å². The van der Waals surface area contributed by atoms with Crippen LogP contribution in [-0.4, -0.2) is 5.11 Å². The van der Waals surface area contributed by atoms with Gasteiger partial charge in [0.2, 0.25) is 0 Å². The van der Waals surface area contributed by atoms with Crippen molar-refractivity contribution in [2.24, 2.45) is 0 Å². The van der Waals surface area contributed by atoms with Crippen LogP contribution in [0.15, 0.2) is 34.8 Å². The summed E-state index contributed by atoms with van der Waals surface area (Å²) >= 11 is 3.28. The summed E-state index contributed by atoms with van der Waals surface area (Å²) in [5.41, 5.74) is 0.690. The summed E-state index contributed by atoms with van der Waals surface area (Å²) in [6.07, 6.45) is -1.49. The van der Waals surface area contributed by atoms with Crippen LogP contribution in [0.3, 0.4) is 0 Å². The predicted octanol–water partition coefficient (Wildman–Crippen LogP) is 4.26. The van der Waals surface area contributed by atoms with Crippen LogP contribution in [0.5, 0.6) is 0 Å². The second-order valence-electron chi connectivity index (χ2n) is 4.19. The quantitative estimate of drug-likeness (QED) is 0.872. The van der Waals surface area contributed by atoms with Crippen molar-refractivity contribution in [3.05, 3.63) is 68.9 Å². The zero-order valence-electron chi connectivity index (χ0n) is 9.92. The maximum absolute atomic E-state index is 13.6. The molecule has 0 radical (unpaired) electrons. The molecule has 0 aromatic heterocycles. The number of aryl methyl sites for hydroxylation is 1. The Morgan fingerprint density at radius 1 is 1.05 bits per heavy atom. The first-order valence-electron chi connectivity index (χ1n) is 5.48. The Balaban J connectivity index is 2.49. The lowest BCUT2D eigenvalue weighted by Crippen LogP contribution is -2.06. The minimum atomic E-state index is -1.49. The molecule has 1 N–H and O–H groups in total. The fourth-order valence-corrected chi connectivity index (χ4v) is 2.16. The topological polar surface area (TPSA) is 20.2 Å². The third kappa shape index (κ3) is 2.82. The average molecular weight is 331 g/mol. The van der Waals surface area contributed by atoms with Gasteiger partial charge in [0.15, 0.2) is 0 Å². The monoisotopic (exact) mass is 330 g/mol. The van der Waals surface area contributed by atoms with Gasteiger partial charge in [-0.2, -0.15) is 0 Å². The van der Waals surface area contributed by atoms with Crippen molar-refractivity contribution in [3.63, 3.8) is 0 Å². The molecule has 100 valence electrons. The number of aliphatic hydroxyl groups excluding tert-OH is 1. The Hall–Kier alpha value is -1.33. The van der Waals surface area contributed by atoms with Gasteiger partial charge in [0, 0.05) is 16.6 Å². The summed E-state index contributed by atoms with van der Waals surface area (Å²) < 4.78 is 40.7. The standard InChI is InChI=1S/C14H10BrF3O/c1-7-2-3-8(4-10(7)15)14(19)13-11(17)5-9(16)6-12(13)18/h2-6,14,19H,1H3. The number of hydrogen-bond acceptors (Lipinski definition) is 1. The highest BCUT2D eigenvalue weighted by Gasteiger charge is 2.21. The van der Waals surface area contributed by atoms with E-state index in [0.29, 0.717) is 22.2 Å². The van der Waals surface area contributed by atoms with Gasteiger partial charge < -0.3 is 5.11 Å². The highest BCUT2D eigenvalue weighted by atomic mass is 79.9. The van der Waals surface area contributed by atoms with E-state index in [0.717, 1.165) is 5.56 Å². The van der Waals surface area contributed by atoms with Crippen LogP contribution in [0, 0.1) is 24.4 Å². The molecule has 1 unspecified atom stereocenters. The van der Waals surface area contributed by atoms with Gasteiger partial charge in [-0.25, -0.2) is 13.2 Å². The summed E-state index contributed by atoms with van der Waals surface area (Å²) in [7, 11) is 0. The molecular weight excluding hydrogens is 321 g/mol. The molecule has 1 atom stereocenters. The van der Waals surface area contributed by atoms with Gasteiger partial charge in [0.1, 0.15) is 23.6 Å². The average Bonchev–Trinajstić information content (AvgIpc) is 2.31. The van der Waals surface area contributed by atoms with Crippen LogP contribution in [-0.2, 0) is 0 Å². The van der Waals surface area contributed by atoms with E-state index in [-0.39, 0.29) is 0 Å². The molecule has 19 heavy (non-hydrogen) atoms. The smallest absolute Gasteiger partial charge is 0.135 e. The highest BCUT2D eigenvalue weighted by molar-refractivity contribution is 9.10. The lowest BCUT2D eigenvalue weighted by molar-refractivity contribution is 0.208. The normalized spacial score (nSPS) is 12.5. The van der Waals surface area contributed by atoms with E-state index in [1.807, 2.05) is 6.92 Å². The number of hydrogen-bond donors (Lipinski definition) is 1. The fraction of sp³-hybridized carbons (Fsp3) is 0.143. The van der Waals surface area contributed by atoms with E-state index in [2.05, 4.69) is 15.9 Å². The van der Waals surface area contributed by atoms with Crippen LogP contribution in [0.1, 0.15) is 22.8 Å².